The summed E-state index contributed by atoms with van der Waals surface area (Å²) in [6.07, 6.45) is 1.59. The first-order chi connectivity index (χ1) is 13.4. The van der Waals surface area contributed by atoms with Gasteiger partial charge in [-0.05, 0) is 43.7 Å². The number of rotatable bonds is 5. The van der Waals surface area contributed by atoms with Crippen molar-refractivity contribution in [3.05, 3.63) is 51.1 Å². The highest BCUT2D eigenvalue weighted by molar-refractivity contribution is 8.00. The number of fused-ring (bicyclic) bond motifs is 3. The maximum atomic E-state index is 12.6. The summed E-state index contributed by atoms with van der Waals surface area (Å²) in [6, 6.07) is 7.03. The molecule has 4 nitrogen and oxygen atoms in total. The Hall–Kier alpha value is -1.47. The third-order valence-corrected chi connectivity index (χ3v) is 7.09. The van der Waals surface area contributed by atoms with Crippen LogP contribution < -0.4 is 0 Å². The number of halogens is 1. The van der Waals surface area contributed by atoms with Gasteiger partial charge in [0.05, 0.1) is 18.0 Å². The van der Waals surface area contributed by atoms with Crippen molar-refractivity contribution in [3.8, 4) is 0 Å². The number of Topliss-reactive ketones (excluding diaryl/α,β-unsaturated/α-hetero) is 1. The van der Waals surface area contributed by atoms with Crippen molar-refractivity contribution in [2.45, 2.75) is 50.8 Å². The molecule has 0 spiro atoms. The fraction of sp³-hybridized carbons (Fsp3) is 0.381. The van der Waals surface area contributed by atoms with E-state index in [9.17, 15) is 4.79 Å². The van der Waals surface area contributed by atoms with Gasteiger partial charge in [0, 0.05) is 33.7 Å². The summed E-state index contributed by atoms with van der Waals surface area (Å²) in [7, 11) is 0. The number of carbonyl (C=O) groups excluding carboxylic acids is 1. The zero-order chi connectivity index (χ0) is 19.9. The second kappa shape index (κ2) is 7.75. The molecule has 0 N–H and O–H groups in total. The monoisotopic (exact) mass is 432 g/mol. The topological polar surface area (TPSA) is 52.1 Å². The molecule has 28 heavy (non-hydrogen) atoms. The number of aryl methyl sites for hydroxylation is 1. The van der Waals surface area contributed by atoms with E-state index >= 15 is 0 Å². The molecule has 0 aliphatic carbocycles. The molecule has 0 unspecified atom stereocenters. The van der Waals surface area contributed by atoms with E-state index in [4.69, 9.17) is 26.3 Å². The minimum absolute atomic E-state index is 0.0687. The van der Waals surface area contributed by atoms with Gasteiger partial charge in [-0.25, -0.2) is 9.97 Å². The molecule has 3 aromatic rings. The lowest BCUT2D eigenvalue weighted by atomic mass is 9.94. The predicted octanol–water partition coefficient (Wildman–Crippen LogP) is 5.73. The van der Waals surface area contributed by atoms with E-state index in [2.05, 4.69) is 13.8 Å². The molecule has 0 amide bonds. The zero-order valence-corrected chi connectivity index (χ0v) is 18.4. The van der Waals surface area contributed by atoms with Gasteiger partial charge in [-0.2, -0.15) is 0 Å². The van der Waals surface area contributed by atoms with Crippen LogP contribution in [-0.4, -0.2) is 27.1 Å². The number of hydrogen-bond donors (Lipinski definition) is 0. The van der Waals surface area contributed by atoms with Crippen molar-refractivity contribution in [1.29, 1.82) is 0 Å². The Morgan fingerprint density at radius 1 is 1.29 bits per heavy atom. The van der Waals surface area contributed by atoms with Crippen molar-refractivity contribution < 1.29 is 9.53 Å². The third-order valence-electron chi connectivity index (χ3n) is 4.77. The Kier molecular flexibility index (Phi) is 5.49. The maximum absolute atomic E-state index is 12.6. The average molecular weight is 433 g/mol. The summed E-state index contributed by atoms with van der Waals surface area (Å²) in [5.41, 5.74) is 1.74. The van der Waals surface area contributed by atoms with Crippen LogP contribution in [0.5, 0.6) is 0 Å². The molecule has 3 heterocycles. The molecule has 0 bridgehead atoms. The SMILES string of the molecule is CCc1nc(SCC(=O)c2ccc(Cl)cc2)c2c3c(sc2n1)COC(C)(C)C3. The molecule has 2 aromatic heterocycles. The van der Waals surface area contributed by atoms with Crippen molar-refractivity contribution in [2.24, 2.45) is 0 Å². The van der Waals surface area contributed by atoms with Crippen LogP contribution in [0, 0.1) is 0 Å². The smallest absolute Gasteiger partial charge is 0.173 e. The molecule has 0 fully saturated rings. The number of ketones is 1. The first-order valence-electron chi connectivity index (χ1n) is 9.23. The molecule has 1 aliphatic rings. The van der Waals surface area contributed by atoms with E-state index in [0.29, 0.717) is 22.9 Å². The predicted molar refractivity (Wildman–Crippen MR) is 116 cm³/mol. The van der Waals surface area contributed by atoms with Crippen LogP contribution in [0.2, 0.25) is 5.02 Å². The maximum Gasteiger partial charge on any atom is 0.173 e. The number of nitrogens with zero attached hydrogens (tertiary/aromatic N) is 2. The molecular weight excluding hydrogens is 412 g/mol. The van der Waals surface area contributed by atoms with Gasteiger partial charge in [-0.3, -0.25) is 4.79 Å². The van der Waals surface area contributed by atoms with Crippen molar-refractivity contribution >= 4 is 50.7 Å². The highest BCUT2D eigenvalue weighted by Crippen LogP contribution is 2.41. The summed E-state index contributed by atoms with van der Waals surface area (Å²) < 4.78 is 5.97. The van der Waals surface area contributed by atoms with Crippen LogP contribution >= 0.6 is 34.7 Å². The van der Waals surface area contributed by atoms with Crippen molar-refractivity contribution in [1.82, 2.24) is 9.97 Å². The standard InChI is InChI=1S/C21H21ClN2O2S2/c1-4-17-23-19(27-11-15(25)12-5-7-13(22)8-6-12)18-14-9-21(2,3)26-10-16(14)28-20(18)24-17/h5-8H,4,9-11H2,1-3H3. The molecular formula is C21H21ClN2O2S2. The Balaban J connectivity index is 1.68. The zero-order valence-electron chi connectivity index (χ0n) is 16.0. The fourth-order valence-corrected chi connectivity index (χ4v) is 5.55. The second-order valence-corrected chi connectivity index (χ2v) is 9.91. The molecule has 0 atom stereocenters. The molecule has 146 valence electrons. The molecule has 4 rings (SSSR count). The number of aromatic nitrogens is 2. The van der Waals surface area contributed by atoms with Gasteiger partial charge in [0.1, 0.15) is 15.7 Å². The number of hydrogen-bond acceptors (Lipinski definition) is 6. The lowest BCUT2D eigenvalue weighted by Gasteiger charge is -2.30. The molecule has 0 saturated heterocycles. The quantitative estimate of drug-likeness (QED) is 0.292. The fourth-order valence-electron chi connectivity index (χ4n) is 3.27. The Bertz CT molecular complexity index is 1040. The van der Waals surface area contributed by atoms with E-state index in [1.54, 1.807) is 35.6 Å². The lowest BCUT2D eigenvalue weighted by molar-refractivity contribution is -0.0379. The van der Waals surface area contributed by atoms with Crippen LogP contribution in [0.1, 0.15) is 47.4 Å². The minimum atomic E-state index is -0.203. The minimum Gasteiger partial charge on any atom is -0.370 e. The second-order valence-electron chi connectivity index (χ2n) is 7.43. The van der Waals surface area contributed by atoms with Crippen LogP contribution in [0.15, 0.2) is 29.3 Å². The summed E-state index contributed by atoms with van der Waals surface area (Å²) in [5.74, 6) is 1.22. The van der Waals surface area contributed by atoms with E-state index in [1.165, 1.54) is 22.2 Å². The van der Waals surface area contributed by atoms with Gasteiger partial charge in [0.25, 0.3) is 0 Å². The normalized spacial score (nSPS) is 15.6. The van der Waals surface area contributed by atoms with Crippen LogP contribution in [0.25, 0.3) is 10.2 Å². The molecule has 0 saturated carbocycles. The van der Waals surface area contributed by atoms with E-state index < -0.39 is 0 Å². The van der Waals surface area contributed by atoms with E-state index in [-0.39, 0.29) is 11.4 Å². The summed E-state index contributed by atoms with van der Waals surface area (Å²) >= 11 is 9.11. The number of benzene rings is 1. The summed E-state index contributed by atoms with van der Waals surface area (Å²) in [4.78, 5) is 24.4. The number of carbonyl (C=O) groups is 1. The van der Waals surface area contributed by atoms with Crippen LogP contribution in [-0.2, 0) is 24.2 Å². The third kappa shape index (κ3) is 3.96. The number of ether oxygens (including phenoxy) is 1. The average Bonchev–Trinajstić information content (AvgIpc) is 3.02. The molecule has 1 aliphatic heterocycles. The van der Waals surface area contributed by atoms with Crippen molar-refractivity contribution in [2.75, 3.05) is 5.75 Å². The summed E-state index contributed by atoms with van der Waals surface area (Å²) in [5, 5.41) is 2.63. The van der Waals surface area contributed by atoms with Gasteiger partial charge >= 0.3 is 0 Å². The van der Waals surface area contributed by atoms with E-state index in [0.717, 1.165) is 33.9 Å². The highest BCUT2D eigenvalue weighted by Gasteiger charge is 2.31. The van der Waals surface area contributed by atoms with Crippen LogP contribution in [0.4, 0.5) is 0 Å². The van der Waals surface area contributed by atoms with Gasteiger partial charge < -0.3 is 4.74 Å². The number of thioether (sulfide) groups is 1. The first kappa shape index (κ1) is 19.8. The highest BCUT2D eigenvalue weighted by atomic mass is 35.5. The lowest BCUT2D eigenvalue weighted by Crippen LogP contribution is -2.31. The van der Waals surface area contributed by atoms with Crippen LogP contribution in [0.3, 0.4) is 0 Å². The van der Waals surface area contributed by atoms with Gasteiger partial charge in [-0.1, -0.05) is 30.3 Å². The van der Waals surface area contributed by atoms with Gasteiger partial charge in [0.2, 0.25) is 0 Å². The Labute approximate surface area is 177 Å². The van der Waals surface area contributed by atoms with E-state index in [1.807, 2.05) is 6.92 Å². The molecule has 1 aromatic carbocycles. The Morgan fingerprint density at radius 3 is 2.75 bits per heavy atom. The largest absolute Gasteiger partial charge is 0.370 e. The van der Waals surface area contributed by atoms with Gasteiger partial charge in [-0.15, -0.1) is 11.3 Å². The number of thiophene rings is 1. The molecule has 7 heteroatoms. The molecule has 0 radical (unpaired) electrons. The van der Waals surface area contributed by atoms with Crippen molar-refractivity contribution in [3.63, 3.8) is 0 Å². The van der Waals surface area contributed by atoms with Gasteiger partial charge in [0.15, 0.2) is 5.78 Å². The Morgan fingerprint density at radius 2 is 2.04 bits per heavy atom. The first-order valence-corrected chi connectivity index (χ1v) is 11.4. The summed E-state index contributed by atoms with van der Waals surface area (Å²) in [6.45, 7) is 6.88.